The Kier molecular flexibility index (Phi) is 6.01. The smallest absolute Gasteiger partial charge is 0.256 e. The van der Waals surface area contributed by atoms with Gasteiger partial charge in [-0.15, -0.1) is 0 Å². The van der Waals surface area contributed by atoms with Crippen molar-refractivity contribution in [1.29, 1.82) is 0 Å². The number of carbonyl (C=O) groups excluding carboxylic acids is 1. The number of rotatable bonds is 7. The van der Waals surface area contributed by atoms with E-state index in [-0.39, 0.29) is 5.91 Å². The molecule has 1 aromatic heterocycles. The van der Waals surface area contributed by atoms with E-state index in [1.54, 1.807) is 4.68 Å². The fourth-order valence-electron chi connectivity index (χ4n) is 2.34. The second-order valence-corrected chi connectivity index (χ2v) is 5.72. The third-order valence-electron chi connectivity index (χ3n) is 3.53. The van der Waals surface area contributed by atoms with Gasteiger partial charge in [0.2, 0.25) is 0 Å². The van der Waals surface area contributed by atoms with Gasteiger partial charge < -0.3 is 5.32 Å². The zero-order valence-corrected chi connectivity index (χ0v) is 13.9. The van der Waals surface area contributed by atoms with Crippen LogP contribution in [0.2, 0.25) is 5.15 Å². The van der Waals surface area contributed by atoms with Gasteiger partial charge in [-0.1, -0.05) is 61.7 Å². The molecule has 118 valence electrons. The van der Waals surface area contributed by atoms with Crippen LogP contribution in [-0.4, -0.2) is 22.2 Å². The minimum atomic E-state index is -0.141. The van der Waals surface area contributed by atoms with E-state index < -0.39 is 0 Å². The Labute approximate surface area is 136 Å². The quantitative estimate of drug-likeness (QED) is 0.789. The molecule has 0 unspecified atom stereocenters. The lowest BCUT2D eigenvalue weighted by Crippen LogP contribution is -2.25. The molecule has 1 N–H and O–H groups in total. The van der Waals surface area contributed by atoms with Crippen LogP contribution in [0.15, 0.2) is 30.3 Å². The van der Waals surface area contributed by atoms with Gasteiger partial charge in [0, 0.05) is 6.54 Å². The largest absolute Gasteiger partial charge is 0.352 e. The van der Waals surface area contributed by atoms with Crippen LogP contribution in [0.4, 0.5) is 0 Å². The van der Waals surface area contributed by atoms with Crippen molar-refractivity contribution >= 4 is 17.5 Å². The normalized spacial score (nSPS) is 10.7. The van der Waals surface area contributed by atoms with Gasteiger partial charge >= 0.3 is 0 Å². The first-order chi connectivity index (χ1) is 10.6. The molecule has 4 nitrogen and oxygen atoms in total. The van der Waals surface area contributed by atoms with Gasteiger partial charge in [-0.3, -0.25) is 4.79 Å². The summed E-state index contributed by atoms with van der Waals surface area (Å²) in [5, 5.41) is 7.71. The summed E-state index contributed by atoms with van der Waals surface area (Å²) in [5.74, 6) is -0.141. The predicted molar refractivity (Wildman–Crippen MR) is 89.4 cm³/mol. The van der Waals surface area contributed by atoms with Crippen LogP contribution in [-0.2, 0) is 6.54 Å². The molecule has 2 aromatic rings. The second kappa shape index (κ2) is 7.99. The molecule has 0 radical (unpaired) electrons. The molecular formula is C17H22ClN3O. The van der Waals surface area contributed by atoms with E-state index in [9.17, 15) is 4.79 Å². The average molecular weight is 320 g/mol. The highest BCUT2D eigenvalue weighted by Crippen LogP contribution is 2.20. The number of aryl methyl sites for hydroxylation is 1. The van der Waals surface area contributed by atoms with Crippen molar-refractivity contribution in [2.75, 3.05) is 6.54 Å². The lowest BCUT2D eigenvalue weighted by Gasteiger charge is -2.05. The zero-order valence-electron chi connectivity index (χ0n) is 13.1. The topological polar surface area (TPSA) is 46.9 Å². The molecule has 1 amide bonds. The van der Waals surface area contributed by atoms with Crippen molar-refractivity contribution < 1.29 is 4.79 Å². The summed E-state index contributed by atoms with van der Waals surface area (Å²) in [6, 6.07) is 9.94. The molecule has 0 spiro atoms. The van der Waals surface area contributed by atoms with Crippen LogP contribution in [0.3, 0.4) is 0 Å². The van der Waals surface area contributed by atoms with E-state index >= 15 is 0 Å². The number of nitrogens with zero attached hydrogens (tertiary/aromatic N) is 2. The van der Waals surface area contributed by atoms with E-state index in [2.05, 4.69) is 17.3 Å². The number of halogens is 1. The molecule has 1 aromatic carbocycles. The van der Waals surface area contributed by atoms with Crippen molar-refractivity contribution in [1.82, 2.24) is 15.1 Å². The first-order valence-electron chi connectivity index (χ1n) is 7.68. The minimum absolute atomic E-state index is 0.141. The van der Waals surface area contributed by atoms with Gasteiger partial charge in [-0.05, 0) is 18.9 Å². The van der Waals surface area contributed by atoms with Gasteiger partial charge in [-0.25, -0.2) is 4.68 Å². The summed E-state index contributed by atoms with van der Waals surface area (Å²) >= 11 is 6.35. The van der Waals surface area contributed by atoms with Crippen LogP contribution in [0.5, 0.6) is 0 Å². The summed E-state index contributed by atoms with van der Waals surface area (Å²) in [5.41, 5.74) is 2.24. The maximum absolute atomic E-state index is 12.3. The van der Waals surface area contributed by atoms with Gasteiger partial charge in [0.25, 0.3) is 5.91 Å². The van der Waals surface area contributed by atoms with Gasteiger partial charge in [0.15, 0.2) is 0 Å². The van der Waals surface area contributed by atoms with E-state index in [0.29, 0.717) is 29.5 Å². The van der Waals surface area contributed by atoms with Crippen LogP contribution in [0, 0.1) is 6.92 Å². The molecule has 0 atom stereocenters. The number of nitrogens with one attached hydrogen (secondary N) is 1. The van der Waals surface area contributed by atoms with Gasteiger partial charge in [-0.2, -0.15) is 5.10 Å². The Morgan fingerprint density at radius 2 is 2.00 bits per heavy atom. The first kappa shape index (κ1) is 16.6. The van der Waals surface area contributed by atoms with Crippen LogP contribution < -0.4 is 5.32 Å². The third-order valence-corrected chi connectivity index (χ3v) is 3.92. The molecule has 0 fully saturated rings. The molecule has 0 saturated heterocycles. The highest BCUT2D eigenvalue weighted by Gasteiger charge is 2.19. The summed E-state index contributed by atoms with van der Waals surface area (Å²) in [6.45, 7) is 5.18. The highest BCUT2D eigenvalue weighted by atomic mass is 35.5. The van der Waals surface area contributed by atoms with E-state index in [1.807, 2.05) is 37.3 Å². The number of aromatic nitrogens is 2. The average Bonchev–Trinajstić information content (AvgIpc) is 2.79. The number of carbonyl (C=O) groups is 1. The van der Waals surface area contributed by atoms with E-state index in [0.717, 1.165) is 24.8 Å². The monoisotopic (exact) mass is 319 g/mol. The Balaban J connectivity index is 2.08. The van der Waals surface area contributed by atoms with Crippen molar-refractivity contribution in [3.8, 4) is 0 Å². The third kappa shape index (κ3) is 4.10. The molecule has 0 aliphatic carbocycles. The maximum Gasteiger partial charge on any atom is 0.256 e. The zero-order chi connectivity index (χ0) is 15.9. The lowest BCUT2D eigenvalue weighted by molar-refractivity contribution is 0.0952. The second-order valence-electron chi connectivity index (χ2n) is 5.36. The molecule has 5 heteroatoms. The Morgan fingerprint density at radius 1 is 1.27 bits per heavy atom. The standard InChI is InChI=1S/C17H22ClN3O/c1-3-4-8-11-19-17(22)15-13(2)20-21(16(15)18)12-14-9-6-5-7-10-14/h5-7,9-10H,3-4,8,11-12H2,1-2H3,(H,19,22). The van der Waals surface area contributed by atoms with E-state index in [4.69, 9.17) is 11.6 Å². The maximum atomic E-state index is 12.3. The van der Waals surface area contributed by atoms with Crippen molar-refractivity contribution in [2.45, 2.75) is 39.7 Å². The van der Waals surface area contributed by atoms with Crippen LogP contribution in [0.1, 0.15) is 47.8 Å². The van der Waals surface area contributed by atoms with E-state index in [1.165, 1.54) is 0 Å². The Bertz CT molecular complexity index is 622. The fourth-order valence-corrected chi connectivity index (χ4v) is 2.66. The molecule has 0 saturated carbocycles. The molecular weight excluding hydrogens is 298 g/mol. The van der Waals surface area contributed by atoms with Crippen molar-refractivity contribution in [2.24, 2.45) is 0 Å². The molecule has 0 aliphatic heterocycles. The minimum Gasteiger partial charge on any atom is -0.352 e. The summed E-state index contributed by atoms with van der Waals surface area (Å²) in [4.78, 5) is 12.3. The first-order valence-corrected chi connectivity index (χ1v) is 8.06. The SMILES string of the molecule is CCCCCNC(=O)c1c(C)nn(Cc2ccccc2)c1Cl. The van der Waals surface area contributed by atoms with Gasteiger partial charge in [0.1, 0.15) is 5.15 Å². The van der Waals surface area contributed by atoms with Crippen LogP contribution in [0.25, 0.3) is 0 Å². The summed E-state index contributed by atoms with van der Waals surface area (Å²) in [7, 11) is 0. The number of benzene rings is 1. The number of hydrogen-bond donors (Lipinski definition) is 1. The molecule has 2 rings (SSSR count). The number of unbranched alkanes of at least 4 members (excludes halogenated alkanes) is 2. The Hall–Kier alpha value is -1.81. The lowest BCUT2D eigenvalue weighted by atomic mass is 10.2. The predicted octanol–water partition coefficient (Wildman–Crippen LogP) is 3.81. The fraction of sp³-hybridized carbons (Fsp3) is 0.412. The molecule has 0 aliphatic rings. The molecule has 1 heterocycles. The van der Waals surface area contributed by atoms with Crippen LogP contribution >= 0.6 is 11.6 Å². The molecule has 22 heavy (non-hydrogen) atoms. The number of hydrogen-bond acceptors (Lipinski definition) is 2. The summed E-state index contributed by atoms with van der Waals surface area (Å²) < 4.78 is 1.67. The molecule has 0 bridgehead atoms. The number of amides is 1. The Morgan fingerprint density at radius 3 is 2.68 bits per heavy atom. The van der Waals surface area contributed by atoms with Crippen molar-refractivity contribution in [3.63, 3.8) is 0 Å². The van der Waals surface area contributed by atoms with Crippen molar-refractivity contribution in [3.05, 3.63) is 52.3 Å². The van der Waals surface area contributed by atoms with Gasteiger partial charge in [0.05, 0.1) is 17.8 Å². The summed E-state index contributed by atoms with van der Waals surface area (Å²) in [6.07, 6.45) is 3.22. The highest BCUT2D eigenvalue weighted by molar-refractivity contribution is 6.33.